The summed E-state index contributed by atoms with van der Waals surface area (Å²) >= 11 is 0. The number of nitrogens with one attached hydrogen (secondary N) is 2. The highest BCUT2D eigenvalue weighted by molar-refractivity contribution is 6.01. The molecule has 5 aromatic rings. The van der Waals surface area contributed by atoms with E-state index in [1.54, 1.807) is 12.1 Å². The number of fused-ring (bicyclic) bond motifs is 1. The predicted molar refractivity (Wildman–Crippen MR) is 140 cm³/mol. The number of H-pyrrole nitrogens is 1. The van der Waals surface area contributed by atoms with Crippen molar-refractivity contribution in [1.82, 2.24) is 20.5 Å². The first-order chi connectivity index (χ1) is 18.3. The molecular formula is C28H22FN5O4. The van der Waals surface area contributed by atoms with Crippen LogP contribution in [-0.4, -0.2) is 39.3 Å². The molecule has 0 saturated heterocycles. The average molecular weight is 512 g/mol. The number of carboxylic acids is 1. The summed E-state index contributed by atoms with van der Waals surface area (Å²) in [6, 6.07) is 19.4. The van der Waals surface area contributed by atoms with Gasteiger partial charge >= 0.3 is 5.97 Å². The van der Waals surface area contributed by atoms with Crippen LogP contribution in [0.1, 0.15) is 26.3 Å². The first-order valence-electron chi connectivity index (χ1n) is 11.5. The minimum atomic E-state index is -1.01. The van der Waals surface area contributed by atoms with E-state index in [4.69, 9.17) is 15.5 Å². The molecule has 2 aromatic heterocycles. The van der Waals surface area contributed by atoms with Gasteiger partial charge in [-0.25, -0.2) is 14.2 Å². The van der Waals surface area contributed by atoms with E-state index in [1.165, 1.54) is 31.4 Å². The van der Waals surface area contributed by atoms with Crippen molar-refractivity contribution in [1.29, 1.82) is 0 Å². The van der Waals surface area contributed by atoms with Gasteiger partial charge in [-0.1, -0.05) is 36.4 Å². The van der Waals surface area contributed by atoms with E-state index >= 15 is 0 Å². The third kappa shape index (κ3) is 4.74. The van der Waals surface area contributed by atoms with Crippen LogP contribution in [0.15, 0.2) is 72.8 Å². The molecule has 38 heavy (non-hydrogen) atoms. The zero-order chi connectivity index (χ0) is 26.8. The zero-order valence-electron chi connectivity index (χ0n) is 20.2. The van der Waals surface area contributed by atoms with E-state index in [9.17, 15) is 19.1 Å². The van der Waals surface area contributed by atoms with Gasteiger partial charge in [-0.05, 0) is 42.0 Å². The lowest BCUT2D eigenvalue weighted by atomic mass is 10.0. The molecule has 0 unspecified atom stereocenters. The number of amides is 1. The Balaban J connectivity index is 1.42. The van der Waals surface area contributed by atoms with Crippen LogP contribution < -0.4 is 15.8 Å². The molecule has 0 saturated carbocycles. The van der Waals surface area contributed by atoms with E-state index in [-0.39, 0.29) is 23.4 Å². The molecule has 0 atom stereocenters. The lowest BCUT2D eigenvalue weighted by Crippen LogP contribution is -2.23. The Morgan fingerprint density at radius 1 is 1.03 bits per heavy atom. The second-order valence-electron chi connectivity index (χ2n) is 8.49. The van der Waals surface area contributed by atoms with Gasteiger partial charge in [-0.2, -0.15) is 5.10 Å². The quantitative estimate of drug-likeness (QED) is 0.249. The molecule has 5 N–H and O–H groups in total. The van der Waals surface area contributed by atoms with Gasteiger partial charge < -0.3 is 20.9 Å². The van der Waals surface area contributed by atoms with Crippen LogP contribution in [0, 0.1) is 5.82 Å². The number of aromatic carboxylic acids is 1. The summed E-state index contributed by atoms with van der Waals surface area (Å²) < 4.78 is 18.8. The predicted octanol–water partition coefficient (Wildman–Crippen LogP) is 4.65. The van der Waals surface area contributed by atoms with Crippen molar-refractivity contribution in [2.45, 2.75) is 6.54 Å². The Hall–Kier alpha value is -5.25. The molecule has 0 radical (unpaired) electrons. The smallest absolute Gasteiger partial charge is 0.335 e. The van der Waals surface area contributed by atoms with Crippen molar-refractivity contribution in [3.63, 3.8) is 0 Å². The molecule has 0 aliphatic rings. The molecule has 190 valence electrons. The van der Waals surface area contributed by atoms with E-state index in [2.05, 4.69) is 15.5 Å². The van der Waals surface area contributed by atoms with Crippen LogP contribution in [0.25, 0.3) is 33.4 Å². The fourth-order valence-electron chi connectivity index (χ4n) is 4.12. The number of nitrogen functional groups attached to an aromatic ring is 1. The number of nitrogens with two attached hydrogens (primary N) is 1. The van der Waals surface area contributed by atoms with E-state index < -0.39 is 17.7 Å². The molecule has 3 aromatic carbocycles. The fraction of sp³-hybridized carbons (Fsp3) is 0.0714. The Bertz CT molecular complexity index is 1660. The number of methoxy groups -OCH3 is 1. The highest BCUT2D eigenvalue weighted by Gasteiger charge is 2.16. The number of benzene rings is 3. The van der Waals surface area contributed by atoms with Crippen LogP contribution >= 0.6 is 0 Å². The van der Waals surface area contributed by atoms with Crippen LogP contribution in [0.2, 0.25) is 0 Å². The summed E-state index contributed by atoms with van der Waals surface area (Å²) in [7, 11) is 1.42. The maximum Gasteiger partial charge on any atom is 0.335 e. The van der Waals surface area contributed by atoms with Gasteiger partial charge in [0, 0.05) is 17.7 Å². The molecule has 0 bridgehead atoms. The molecule has 0 fully saturated rings. The number of aromatic amines is 1. The molecular weight excluding hydrogens is 489 g/mol. The molecule has 2 heterocycles. The summed E-state index contributed by atoms with van der Waals surface area (Å²) in [6.07, 6.45) is 0. The molecule has 0 aliphatic carbocycles. The number of carbonyl (C=O) groups excluding carboxylic acids is 1. The van der Waals surface area contributed by atoms with Crippen molar-refractivity contribution in [3.8, 4) is 28.3 Å². The van der Waals surface area contributed by atoms with Crippen LogP contribution in [-0.2, 0) is 6.54 Å². The summed E-state index contributed by atoms with van der Waals surface area (Å²) in [4.78, 5) is 28.6. The van der Waals surface area contributed by atoms with E-state index in [0.717, 1.165) is 22.8 Å². The summed E-state index contributed by atoms with van der Waals surface area (Å²) in [5.41, 5.74) is 10.6. The maximum atomic E-state index is 13.6. The Labute approximate surface area is 216 Å². The second kappa shape index (κ2) is 10.0. The van der Waals surface area contributed by atoms with Crippen LogP contribution in [0.4, 0.5) is 10.2 Å². The summed E-state index contributed by atoms with van der Waals surface area (Å²) in [5.74, 6) is -1.41. The molecule has 5 rings (SSSR count). The number of halogens is 1. The Morgan fingerprint density at radius 2 is 1.74 bits per heavy atom. The van der Waals surface area contributed by atoms with Gasteiger partial charge in [-0.15, -0.1) is 0 Å². The van der Waals surface area contributed by atoms with Crippen LogP contribution in [0.3, 0.4) is 0 Å². The number of hydrogen-bond donors (Lipinski definition) is 4. The highest BCUT2D eigenvalue weighted by atomic mass is 19.1. The normalized spacial score (nSPS) is 10.9. The highest BCUT2D eigenvalue weighted by Crippen LogP contribution is 2.33. The largest absolute Gasteiger partial charge is 0.496 e. The van der Waals surface area contributed by atoms with Gasteiger partial charge in [0.1, 0.15) is 11.6 Å². The Kier molecular flexibility index (Phi) is 6.44. The number of aromatic nitrogens is 3. The first kappa shape index (κ1) is 24.4. The molecule has 1 amide bonds. The fourth-order valence-corrected chi connectivity index (χ4v) is 4.12. The number of nitrogens with zero attached hydrogens (tertiary/aromatic N) is 2. The van der Waals surface area contributed by atoms with Gasteiger partial charge in [0.2, 0.25) is 0 Å². The molecule has 9 nitrogen and oxygen atoms in total. The topological polar surface area (TPSA) is 143 Å². The number of ether oxygens (including phenoxy) is 1. The lowest BCUT2D eigenvalue weighted by molar-refractivity contribution is 0.0696. The first-order valence-corrected chi connectivity index (χ1v) is 11.5. The van der Waals surface area contributed by atoms with Crippen LogP contribution in [0.5, 0.6) is 5.75 Å². The second-order valence-corrected chi connectivity index (χ2v) is 8.49. The zero-order valence-corrected chi connectivity index (χ0v) is 20.2. The number of hydrogen-bond acceptors (Lipinski definition) is 6. The maximum absolute atomic E-state index is 13.6. The van der Waals surface area contributed by atoms with Crippen molar-refractivity contribution in [2.24, 2.45) is 0 Å². The van der Waals surface area contributed by atoms with Crippen molar-refractivity contribution < 1.29 is 23.8 Å². The number of carbonyl (C=O) groups is 2. The molecule has 0 spiro atoms. The number of rotatable bonds is 7. The Morgan fingerprint density at radius 3 is 2.42 bits per heavy atom. The monoisotopic (exact) mass is 511 g/mol. The standard InChI is InChI=1S/C28H22FN5O4/c1-38-23-11-10-19(29)12-20(23)27(35)31-14-15-2-4-17(5-3-15)25-24-22(33-34-26(24)30)13-21(32-25)16-6-8-18(9-7-16)28(36)37/h2-13H,14H2,1H3,(H,31,35)(H,36,37)(H3,30,33,34). The minimum Gasteiger partial charge on any atom is -0.496 e. The average Bonchev–Trinajstić information content (AvgIpc) is 3.32. The van der Waals surface area contributed by atoms with Crippen molar-refractivity contribution in [2.75, 3.05) is 12.8 Å². The van der Waals surface area contributed by atoms with Gasteiger partial charge in [0.15, 0.2) is 5.82 Å². The van der Waals surface area contributed by atoms with Gasteiger partial charge in [0.05, 0.1) is 40.5 Å². The third-order valence-corrected chi connectivity index (χ3v) is 6.09. The van der Waals surface area contributed by atoms with E-state index in [0.29, 0.717) is 28.1 Å². The molecule has 10 heteroatoms. The summed E-state index contributed by atoms with van der Waals surface area (Å²) in [6.45, 7) is 0.214. The number of carboxylic acid groups (broad SMARTS) is 1. The number of anilines is 1. The summed E-state index contributed by atoms with van der Waals surface area (Å²) in [5, 5.41) is 19.7. The SMILES string of the molecule is COc1ccc(F)cc1C(=O)NCc1ccc(-c2nc(-c3ccc(C(=O)O)cc3)cc3[nH]nc(N)c23)cc1. The lowest BCUT2D eigenvalue weighted by Gasteiger charge is -2.11. The van der Waals surface area contributed by atoms with Gasteiger partial charge in [0.25, 0.3) is 5.91 Å². The van der Waals surface area contributed by atoms with E-state index in [1.807, 2.05) is 30.3 Å². The minimum absolute atomic E-state index is 0.111. The third-order valence-electron chi connectivity index (χ3n) is 6.09. The van der Waals surface area contributed by atoms with Crippen molar-refractivity contribution >= 4 is 28.6 Å². The number of pyridine rings is 1. The van der Waals surface area contributed by atoms with Gasteiger partial charge in [-0.3, -0.25) is 9.89 Å². The molecule has 0 aliphatic heterocycles. The van der Waals surface area contributed by atoms with Crippen molar-refractivity contribution in [3.05, 3.63) is 95.3 Å².